The lowest BCUT2D eigenvalue weighted by atomic mass is 10.1. The van der Waals surface area contributed by atoms with Gasteiger partial charge in [-0.25, -0.2) is 4.39 Å². The van der Waals surface area contributed by atoms with Gasteiger partial charge in [0.25, 0.3) is 5.91 Å². The van der Waals surface area contributed by atoms with Crippen LogP contribution in [0.5, 0.6) is 0 Å². The van der Waals surface area contributed by atoms with Gasteiger partial charge in [0.05, 0.1) is 11.3 Å². The molecule has 3 aromatic rings. The van der Waals surface area contributed by atoms with E-state index in [1.807, 2.05) is 50.4 Å². The highest BCUT2D eigenvalue weighted by molar-refractivity contribution is 5.97. The van der Waals surface area contributed by atoms with E-state index in [1.165, 1.54) is 6.07 Å². The second-order valence-electron chi connectivity index (χ2n) is 8.34. The van der Waals surface area contributed by atoms with Gasteiger partial charge < -0.3 is 14.8 Å². The molecule has 1 aliphatic rings. The van der Waals surface area contributed by atoms with Crippen molar-refractivity contribution in [3.63, 3.8) is 0 Å². The largest absolute Gasteiger partial charge is 0.367 e. The summed E-state index contributed by atoms with van der Waals surface area (Å²) in [5, 5.41) is 3.07. The fourth-order valence-electron chi connectivity index (χ4n) is 4.34. The first-order valence-electron chi connectivity index (χ1n) is 11.3. The molecule has 32 heavy (non-hydrogen) atoms. The first kappa shape index (κ1) is 22.1. The SMILES string of the molecule is Cc1c(C(=O)NCCCN2CCN(c3ccccc3F)CC2)cc(-c2ccccc2)n1C. The Morgan fingerprint density at radius 1 is 1.00 bits per heavy atom. The average Bonchev–Trinajstić information content (AvgIpc) is 3.12. The van der Waals surface area contributed by atoms with Gasteiger partial charge >= 0.3 is 0 Å². The van der Waals surface area contributed by atoms with Crippen molar-refractivity contribution in [3.8, 4) is 11.3 Å². The Bertz CT molecular complexity index is 1050. The van der Waals surface area contributed by atoms with Crippen molar-refractivity contribution in [2.24, 2.45) is 7.05 Å². The molecule has 1 aromatic heterocycles. The van der Waals surface area contributed by atoms with Gasteiger partial charge in [-0.05, 0) is 43.7 Å². The second-order valence-corrected chi connectivity index (χ2v) is 8.34. The van der Waals surface area contributed by atoms with Crippen molar-refractivity contribution >= 4 is 11.6 Å². The third-order valence-corrected chi connectivity index (χ3v) is 6.35. The summed E-state index contributed by atoms with van der Waals surface area (Å²) in [6.45, 7) is 6.99. The van der Waals surface area contributed by atoms with E-state index in [2.05, 4.69) is 31.8 Å². The predicted molar refractivity (Wildman–Crippen MR) is 128 cm³/mol. The molecule has 0 bridgehead atoms. The minimum atomic E-state index is -0.157. The summed E-state index contributed by atoms with van der Waals surface area (Å²) >= 11 is 0. The van der Waals surface area contributed by atoms with Crippen molar-refractivity contribution in [3.05, 3.63) is 77.7 Å². The summed E-state index contributed by atoms with van der Waals surface area (Å²) in [5.41, 5.74) is 4.52. The monoisotopic (exact) mass is 434 g/mol. The third-order valence-electron chi connectivity index (χ3n) is 6.35. The van der Waals surface area contributed by atoms with Crippen LogP contribution < -0.4 is 10.2 Å². The van der Waals surface area contributed by atoms with E-state index >= 15 is 0 Å². The zero-order valence-electron chi connectivity index (χ0n) is 18.9. The molecule has 1 aliphatic heterocycles. The summed E-state index contributed by atoms with van der Waals surface area (Å²) in [6, 6.07) is 19.1. The number of carbonyl (C=O) groups is 1. The Hall–Kier alpha value is -3.12. The van der Waals surface area contributed by atoms with Crippen LogP contribution in [0, 0.1) is 12.7 Å². The van der Waals surface area contributed by atoms with Crippen LogP contribution in [-0.4, -0.2) is 54.6 Å². The first-order chi connectivity index (χ1) is 15.5. The van der Waals surface area contributed by atoms with Crippen LogP contribution in [0.15, 0.2) is 60.7 Å². The van der Waals surface area contributed by atoms with Crippen molar-refractivity contribution < 1.29 is 9.18 Å². The Morgan fingerprint density at radius 3 is 2.41 bits per heavy atom. The molecule has 1 saturated heterocycles. The van der Waals surface area contributed by atoms with Gasteiger partial charge in [0.15, 0.2) is 0 Å². The van der Waals surface area contributed by atoms with Gasteiger partial charge in [-0.1, -0.05) is 42.5 Å². The average molecular weight is 435 g/mol. The predicted octanol–water partition coefficient (Wildman–Crippen LogP) is 4.08. The van der Waals surface area contributed by atoms with Crippen molar-refractivity contribution in [1.82, 2.24) is 14.8 Å². The number of nitrogens with one attached hydrogen (secondary N) is 1. The van der Waals surface area contributed by atoms with Gasteiger partial charge in [0, 0.05) is 51.2 Å². The van der Waals surface area contributed by atoms with Gasteiger partial charge in [0.1, 0.15) is 5.82 Å². The number of para-hydroxylation sites is 1. The molecular weight excluding hydrogens is 403 g/mol. The normalized spacial score (nSPS) is 14.5. The number of amides is 1. The van der Waals surface area contributed by atoms with Crippen LogP contribution in [0.25, 0.3) is 11.3 Å². The number of carbonyl (C=O) groups excluding carboxylic acids is 1. The Morgan fingerprint density at radius 2 is 1.69 bits per heavy atom. The van der Waals surface area contributed by atoms with Crippen molar-refractivity contribution in [2.75, 3.05) is 44.2 Å². The van der Waals surface area contributed by atoms with Gasteiger partial charge in [0.2, 0.25) is 0 Å². The highest BCUT2D eigenvalue weighted by atomic mass is 19.1. The highest BCUT2D eigenvalue weighted by Crippen LogP contribution is 2.24. The molecule has 0 unspecified atom stereocenters. The van der Waals surface area contributed by atoms with E-state index in [0.717, 1.165) is 61.7 Å². The first-order valence-corrected chi connectivity index (χ1v) is 11.3. The van der Waals surface area contributed by atoms with Crippen LogP contribution in [0.3, 0.4) is 0 Å². The number of piperazine rings is 1. The van der Waals surface area contributed by atoms with Gasteiger partial charge in [-0.3, -0.25) is 9.69 Å². The molecule has 1 N–H and O–H groups in total. The Balaban J connectivity index is 1.24. The van der Waals surface area contributed by atoms with E-state index in [-0.39, 0.29) is 11.7 Å². The van der Waals surface area contributed by atoms with E-state index in [4.69, 9.17) is 0 Å². The number of nitrogens with zero attached hydrogens (tertiary/aromatic N) is 3. The van der Waals surface area contributed by atoms with Crippen LogP contribution in [0.2, 0.25) is 0 Å². The van der Waals surface area contributed by atoms with E-state index < -0.39 is 0 Å². The Kier molecular flexibility index (Phi) is 6.90. The molecule has 0 atom stereocenters. The maximum Gasteiger partial charge on any atom is 0.253 e. The fraction of sp³-hybridized carbons (Fsp3) is 0.346. The zero-order chi connectivity index (χ0) is 22.5. The van der Waals surface area contributed by atoms with Gasteiger partial charge in [-0.2, -0.15) is 0 Å². The lowest BCUT2D eigenvalue weighted by Gasteiger charge is -2.36. The molecule has 0 spiro atoms. The van der Waals surface area contributed by atoms with Crippen LogP contribution in [-0.2, 0) is 7.05 Å². The summed E-state index contributed by atoms with van der Waals surface area (Å²) < 4.78 is 16.1. The molecule has 0 radical (unpaired) electrons. The molecule has 2 heterocycles. The smallest absolute Gasteiger partial charge is 0.253 e. The summed E-state index contributed by atoms with van der Waals surface area (Å²) in [5.74, 6) is -0.181. The van der Waals surface area contributed by atoms with Crippen LogP contribution in [0.1, 0.15) is 22.5 Å². The highest BCUT2D eigenvalue weighted by Gasteiger charge is 2.19. The number of anilines is 1. The van der Waals surface area contributed by atoms with Crippen molar-refractivity contribution in [2.45, 2.75) is 13.3 Å². The molecule has 4 rings (SSSR count). The van der Waals surface area contributed by atoms with E-state index in [1.54, 1.807) is 6.07 Å². The summed E-state index contributed by atoms with van der Waals surface area (Å²) in [4.78, 5) is 17.3. The maximum absolute atomic E-state index is 14.0. The van der Waals surface area contributed by atoms with Crippen LogP contribution in [0.4, 0.5) is 10.1 Å². The van der Waals surface area contributed by atoms with Crippen molar-refractivity contribution in [1.29, 1.82) is 0 Å². The van der Waals surface area contributed by atoms with Gasteiger partial charge in [-0.15, -0.1) is 0 Å². The number of halogens is 1. The van der Waals surface area contributed by atoms with E-state index in [9.17, 15) is 9.18 Å². The lowest BCUT2D eigenvalue weighted by molar-refractivity contribution is 0.0951. The Labute approximate surface area is 189 Å². The fourth-order valence-corrected chi connectivity index (χ4v) is 4.34. The molecular formula is C26H31FN4O. The molecule has 0 aliphatic carbocycles. The standard InChI is InChI=1S/C26H31FN4O/c1-20-22(19-25(29(20)2)21-9-4-3-5-10-21)26(32)28-13-8-14-30-15-17-31(18-16-30)24-12-7-6-11-23(24)27/h3-7,9-12,19H,8,13-18H2,1-2H3,(H,28,32). The lowest BCUT2D eigenvalue weighted by Crippen LogP contribution is -2.47. The molecule has 1 amide bonds. The zero-order valence-corrected chi connectivity index (χ0v) is 18.9. The third kappa shape index (κ3) is 4.86. The molecule has 5 nitrogen and oxygen atoms in total. The summed E-state index contributed by atoms with van der Waals surface area (Å²) in [7, 11) is 2.00. The van der Waals surface area contributed by atoms with Crippen LogP contribution >= 0.6 is 0 Å². The molecule has 0 saturated carbocycles. The molecule has 168 valence electrons. The minimum Gasteiger partial charge on any atom is -0.367 e. The topological polar surface area (TPSA) is 40.5 Å². The summed E-state index contributed by atoms with van der Waals surface area (Å²) in [6.07, 6.45) is 0.892. The van der Waals surface area contributed by atoms with E-state index in [0.29, 0.717) is 12.2 Å². The maximum atomic E-state index is 14.0. The minimum absolute atomic E-state index is 0.0235. The second kappa shape index (κ2) is 10.0. The number of benzene rings is 2. The molecule has 2 aromatic carbocycles. The molecule has 6 heteroatoms. The molecule has 1 fully saturated rings. The number of rotatable bonds is 7. The number of aromatic nitrogens is 1. The number of hydrogen-bond donors (Lipinski definition) is 1. The number of hydrogen-bond acceptors (Lipinski definition) is 3. The quantitative estimate of drug-likeness (QED) is 0.570.